The minimum atomic E-state index is -4.97. The number of carbonyl (C=O) groups is 2. The summed E-state index contributed by atoms with van der Waals surface area (Å²) in [4.78, 5) is 34.0. The van der Waals surface area contributed by atoms with Crippen LogP contribution in [0.4, 0.5) is 31.1 Å². The maximum Gasteiger partial charge on any atom is 0.416 e. The normalized spacial score (nSPS) is 21.8. The number of hydrogen-bond donors (Lipinski definition) is 1. The molecule has 0 saturated carbocycles. The molecule has 2 atom stereocenters. The lowest BCUT2D eigenvalue weighted by Gasteiger charge is -2.45. The number of halogens is 7. The Morgan fingerprint density at radius 2 is 1.67 bits per heavy atom. The molecule has 4 rings (SSSR count). The van der Waals surface area contributed by atoms with E-state index in [1.165, 1.54) is 4.90 Å². The van der Waals surface area contributed by atoms with Crippen molar-refractivity contribution >= 4 is 28.8 Å². The molecule has 1 aromatic carbocycles. The molecule has 10 nitrogen and oxygen atoms in total. The van der Waals surface area contributed by atoms with Gasteiger partial charge in [-0.25, -0.2) is 9.79 Å². The number of alkyl halides is 6. The van der Waals surface area contributed by atoms with E-state index < -0.39 is 53.5 Å². The number of nitrogens with one attached hydrogen (secondary N) is 1. The predicted octanol–water partition coefficient (Wildman–Crippen LogP) is 3.65. The van der Waals surface area contributed by atoms with Crippen molar-refractivity contribution in [1.82, 2.24) is 35.3 Å². The number of urea groups is 1. The Balaban J connectivity index is 1.43. The maximum atomic E-state index is 13.2. The second-order valence-electron chi connectivity index (χ2n) is 9.30. The third kappa shape index (κ3) is 5.79. The number of carbonyl (C=O) groups excluding carboxylic acids is 2. The number of tetrazole rings is 1. The molecule has 2 aliphatic rings. The fourth-order valence-electron chi connectivity index (χ4n) is 4.49. The number of hydrogen-bond acceptors (Lipinski definition) is 7. The number of aliphatic imine (C=N–C) groups is 1. The molecule has 0 radical (unpaired) electrons. The van der Waals surface area contributed by atoms with E-state index >= 15 is 0 Å². The Bertz CT molecular complexity index is 1260. The van der Waals surface area contributed by atoms with E-state index in [0.29, 0.717) is 25.1 Å². The van der Waals surface area contributed by atoms with Crippen molar-refractivity contribution in [3.63, 3.8) is 0 Å². The zero-order valence-electron chi connectivity index (χ0n) is 20.6. The van der Waals surface area contributed by atoms with Gasteiger partial charge in [0.05, 0.1) is 17.7 Å². The summed E-state index contributed by atoms with van der Waals surface area (Å²) in [6.45, 7) is 3.87. The fourth-order valence-corrected chi connectivity index (χ4v) is 4.78. The van der Waals surface area contributed by atoms with E-state index in [2.05, 4.69) is 25.7 Å². The van der Waals surface area contributed by atoms with Crippen LogP contribution < -0.4 is 5.32 Å². The predicted molar refractivity (Wildman–Crippen MR) is 124 cm³/mol. The SMILES string of the molecule is CCCN1C(=O)N(CCCn2nnc(Cc3cc(C(F)(F)F)cc(C(F)(F)F)c3)n2)C(=O)[C@]2(C)NC(Cl)=NC12. The van der Waals surface area contributed by atoms with E-state index in [4.69, 9.17) is 11.6 Å². The Kier molecular flexibility index (Phi) is 7.53. The molecule has 17 heteroatoms. The van der Waals surface area contributed by atoms with Gasteiger partial charge < -0.3 is 5.32 Å². The van der Waals surface area contributed by atoms with Gasteiger partial charge in [0.25, 0.3) is 5.91 Å². The van der Waals surface area contributed by atoms with Crippen LogP contribution >= 0.6 is 11.6 Å². The number of rotatable bonds is 8. The average Bonchev–Trinajstić information content (AvgIpc) is 3.41. The lowest BCUT2D eigenvalue weighted by atomic mass is 9.93. The number of nitrogens with zero attached hydrogens (tertiary/aromatic N) is 7. The number of imide groups is 1. The smallest absolute Gasteiger partial charge is 0.343 e. The zero-order valence-corrected chi connectivity index (χ0v) is 21.4. The van der Waals surface area contributed by atoms with Crippen molar-refractivity contribution in [2.75, 3.05) is 13.1 Å². The topological polar surface area (TPSA) is 109 Å². The molecule has 1 fully saturated rings. The number of benzene rings is 1. The Morgan fingerprint density at radius 3 is 2.26 bits per heavy atom. The first-order valence-corrected chi connectivity index (χ1v) is 12.2. The first-order chi connectivity index (χ1) is 18.1. The summed E-state index contributed by atoms with van der Waals surface area (Å²) in [6.07, 6.45) is -10.3. The molecule has 3 amide bonds. The van der Waals surface area contributed by atoms with Crippen LogP contribution in [0.2, 0.25) is 0 Å². The molecule has 0 aliphatic carbocycles. The van der Waals surface area contributed by atoms with Gasteiger partial charge in [-0.05, 0) is 60.3 Å². The highest BCUT2D eigenvalue weighted by molar-refractivity contribution is 6.65. The standard InChI is InChI=1S/C22H23ClF6N8O2/c1-3-5-35-16-20(2,31-18(23)30-16)17(38)36(19(35)39)6-4-7-37-33-15(32-34-37)10-12-8-13(21(24,25)26)11-14(9-12)22(27,28)29/h8-9,11,16H,3-7,10H2,1-2H3,(H,30,31)/t16?,20-/m1/s1. The number of amidine groups is 1. The highest BCUT2D eigenvalue weighted by atomic mass is 35.5. The first kappa shape index (κ1) is 28.6. The van der Waals surface area contributed by atoms with Crippen molar-refractivity contribution in [3.05, 3.63) is 40.7 Å². The fraction of sp³-hybridized carbons (Fsp3) is 0.545. The van der Waals surface area contributed by atoms with Gasteiger partial charge in [-0.3, -0.25) is 14.6 Å². The highest BCUT2D eigenvalue weighted by Crippen LogP contribution is 2.37. The van der Waals surface area contributed by atoms with Crippen molar-refractivity contribution in [1.29, 1.82) is 0 Å². The van der Waals surface area contributed by atoms with Crippen LogP contribution in [-0.2, 0) is 30.1 Å². The summed E-state index contributed by atoms with van der Waals surface area (Å²) in [5, 5.41) is 14.4. The molecule has 1 aromatic heterocycles. The van der Waals surface area contributed by atoms with Crippen LogP contribution in [0.5, 0.6) is 0 Å². The van der Waals surface area contributed by atoms with Gasteiger partial charge >= 0.3 is 18.4 Å². The van der Waals surface area contributed by atoms with E-state index in [1.54, 1.807) is 6.92 Å². The minimum absolute atomic E-state index is 0.0149. The second-order valence-corrected chi connectivity index (χ2v) is 9.66. The third-order valence-corrected chi connectivity index (χ3v) is 6.48. The van der Waals surface area contributed by atoms with Crippen molar-refractivity contribution in [3.8, 4) is 0 Å². The van der Waals surface area contributed by atoms with E-state index in [9.17, 15) is 35.9 Å². The quantitative estimate of drug-likeness (QED) is 0.377. The van der Waals surface area contributed by atoms with Gasteiger partial charge in [0.15, 0.2) is 22.8 Å². The zero-order chi connectivity index (χ0) is 28.8. The summed E-state index contributed by atoms with van der Waals surface area (Å²) >= 11 is 6.00. The molecule has 1 unspecified atom stereocenters. The lowest BCUT2D eigenvalue weighted by molar-refractivity contribution is -0.143. The van der Waals surface area contributed by atoms with Crippen LogP contribution in [0.25, 0.3) is 0 Å². The summed E-state index contributed by atoms with van der Waals surface area (Å²) in [6, 6.07) is 0.722. The van der Waals surface area contributed by atoms with Crippen LogP contribution in [0, 0.1) is 0 Å². The molecule has 39 heavy (non-hydrogen) atoms. The van der Waals surface area contributed by atoms with Crippen LogP contribution in [0.3, 0.4) is 0 Å². The Morgan fingerprint density at radius 1 is 1.03 bits per heavy atom. The molecular formula is C22H23ClF6N8O2. The Hall–Kier alpha value is -3.43. The molecular weight excluding hydrogens is 558 g/mol. The maximum absolute atomic E-state index is 13.2. The number of fused-ring (bicyclic) bond motifs is 1. The summed E-state index contributed by atoms with van der Waals surface area (Å²) in [5.41, 5.74) is -4.40. The van der Waals surface area contributed by atoms with Gasteiger partial charge in [-0.15, -0.1) is 10.2 Å². The van der Waals surface area contributed by atoms with Crippen molar-refractivity contribution < 1.29 is 35.9 Å². The van der Waals surface area contributed by atoms with E-state index in [0.717, 1.165) is 9.70 Å². The van der Waals surface area contributed by atoms with E-state index in [-0.39, 0.29) is 42.3 Å². The van der Waals surface area contributed by atoms with Crippen LogP contribution in [-0.4, -0.2) is 72.0 Å². The van der Waals surface area contributed by atoms with Gasteiger partial charge in [0, 0.05) is 19.5 Å². The Labute approximate surface area is 223 Å². The molecule has 3 heterocycles. The first-order valence-electron chi connectivity index (χ1n) is 11.8. The number of aromatic nitrogens is 4. The molecule has 2 aromatic rings. The molecule has 212 valence electrons. The molecule has 1 N–H and O–H groups in total. The van der Waals surface area contributed by atoms with Crippen molar-refractivity contribution in [2.24, 2.45) is 4.99 Å². The van der Waals surface area contributed by atoms with Gasteiger partial charge in [-0.1, -0.05) is 6.92 Å². The van der Waals surface area contributed by atoms with Gasteiger partial charge in [-0.2, -0.15) is 31.1 Å². The van der Waals surface area contributed by atoms with Crippen LogP contribution in [0.15, 0.2) is 23.2 Å². The summed E-state index contributed by atoms with van der Waals surface area (Å²) in [7, 11) is 0. The molecule has 0 bridgehead atoms. The molecule has 0 spiro atoms. The highest BCUT2D eigenvalue weighted by Gasteiger charge is 2.57. The van der Waals surface area contributed by atoms with Crippen molar-refractivity contribution in [2.45, 2.75) is 63.7 Å². The summed E-state index contributed by atoms with van der Waals surface area (Å²) < 4.78 is 78.7. The monoisotopic (exact) mass is 580 g/mol. The molecule has 2 aliphatic heterocycles. The summed E-state index contributed by atoms with van der Waals surface area (Å²) in [5.74, 6) is -0.611. The number of aryl methyl sites for hydroxylation is 1. The van der Waals surface area contributed by atoms with Gasteiger partial charge in [0.2, 0.25) is 0 Å². The third-order valence-electron chi connectivity index (χ3n) is 6.28. The second kappa shape index (κ2) is 10.3. The lowest BCUT2D eigenvalue weighted by Crippen LogP contribution is -2.72. The van der Waals surface area contributed by atoms with Crippen LogP contribution in [0.1, 0.15) is 49.2 Å². The minimum Gasteiger partial charge on any atom is -0.343 e. The average molecular weight is 581 g/mol. The van der Waals surface area contributed by atoms with Gasteiger partial charge in [0.1, 0.15) is 0 Å². The largest absolute Gasteiger partial charge is 0.416 e. The number of amides is 3. The van der Waals surface area contributed by atoms with E-state index in [1.807, 2.05) is 6.92 Å². The molecule has 1 saturated heterocycles.